The summed E-state index contributed by atoms with van der Waals surface area (Å²) in [6.07, 6.45) is 0. The monoisotopic (exact) mass is 386 g/mol. The van der Waals surface area contributed by atoms with Crippen molar-refractivity contribution in [3.8, 4) is 0 Å². The lowest BCUT2D eigenvalue weighted by Crippen LogP contribution is -1.98. The molecule has 2 rings (SSSR count). The zero-order valence-electron chi connectivity index (χ0n) is 9.06. The van der Waals surface area contributed by atoms with Gasteiger partial charge in [-0.05, 0) is 36.4 Å². The molecule has 5 heteroatoms. The standard InChI is InChI=1S/C13H8Br2O2S/c14-8-2-1-3-10(6-8)18-12-5-4-9(15)7-11(12)13(16)17/h1-7H,(H,16,17). The molecule has 2 aromatic carbocycles. The van der Waals surface area contributed by atoms with E-state index in [1.54, 1.807) is 12.1 Å². The number of hydrogen-bond donors (Lipinski definition) is 1. The number of rotatable bonds is 3. The van der Waals surface area contributed by atoms with Crippen LogP contribution in [0.2, 0.25) is 0 Å². The molecule has 0 bridgehead atoms. The molecule has 2 nitrogen and oxygen atoms in total. The summed E-state index contributed by atoms with van der Waals surface area (Å²) in [4.78, 5) is 12.9. The van der Waals surface area contributed by atoms with E-state index in [1.165, 1.54) is 11.8 Å². The Morgan fingerprint density at radius 2 is 1.78 bits per heavy atom. The summed E-state index contributed by atoms with van der Waals surface area (Å²) < 4.78 is 1.74. The molecule has 2 aromatic rings. The third-order valence-electron chi connectivity index (χ3n) is 2.20. The van der Waals surface area contributed by atoms with Crippen molar-refractivity contribution in [2.45, 2.75) is 9.79 Å². The highest BCUT2D eigenvalue weighted by Crippen LogP contribution is 2.33. The van der Waals surface area contributed by atoms with Crippen molar-refractivity contribution in [1.29, 1.82) is 0 Å². The maximum atomic E-state index is 11.2. The summed E-state index contributed by atoms with van der Waals surface area (Å²) in [7, 11) is 0. The van der Waals surface area contributed by atoms with Gasteiger partial charge in [-0.1, -0.05) is 49.7 Å². The van der Waals surface area contributed by atoms with Gasteiger partial charge in [-0.3, -0.25) is 0 Å². The Balaban J connectivity index is 2.37. The lowest BCUT2D eigenvalue weighted by molar-refractivity contribution is 0.0693. The van der Waals surface area contributed by atoms with E-state index in [0.717, 1.165) is 18.7 Å². The third kappa shape index (κ3) is 3.37. The third-order valence-corrected chi connectivity index (χ3v) is 4.25. The van der Waals surface area contributed by atoms with Crippen molar-refractivity contribution in [1.82, 2.24) is 0 Å². The number of halogens is 2. The average Bonchev–Trinajstić information content (AvgIpc) is 2.31. The predicted octanol–water partition coefficient (Wildman–Crippen LogP) is 5.06. The molecule has 0 aromatic heterocycles. The first-order valence-electron chi connectivity index (χ1n) is 5.02. The summed E-state index contributed by atoms with van der Waals surface area (Å²) in [6.45, 7) is 0. The van der Waals surface area contributed by atoms with E-state index < -0.39 is 5.97 Å². The van der Waals surface area contributed by atoms with Gasteiger partial charge in [0, 0.05) is 18.7 Å². The molecule has 0 saturated carbocycles. The van der Waals surface area contributed by atoms with E-state index in [0.29, 0.717) is 5.56 Å². The first kappa shape index (κ1) is 13.6. The summed E-state index contributed by atoms with van der Waals surface area (Å²) in [6, 6.07) is 13.0. The van der Waals surface area contributed by atoms with Gasteiger partial charge in [-0.2, -0.15) is 0 Å². The number of aromatic carboxylic acids is 1. The SMILES string of the molecule is O=C(O)c1cc(Br)ccc1Sc1cccc(Br)c1. The van der Waals surface area contributed by atoms with Crippen LogP contribution in [0.3, 0.4) is 0 Å². The summed E-state index contributed by atoms with van der Waals surface area (Å²) in [5, 5.41) is 9.18. The Morgan fingerprint density at radius 3 is 2.44 bits per heavy atom. The molecule has 0 saturated heterocycles. The molecule has 0 unspecified atom stereocenters. The van der Waals surface area contributed by atoms with E-state index in [2.05, 4.69) is 31.9 Å². The van der Waals surface area contributed by atoms with E-state index in [-0.39, 0.29) is 0 Å². The molecule has 0 aliphatic carbocycles. The van der Waals surface area contributed by atoms with Gasteiger partial charge in [0.2, 0.25) is 0 Å². The quantitative estimate of drug-likeness (QED) is 0.799. The number of hydrogen-bond acceptors (Lipinski definition) is 2. The molecule has 0 aliphatic heterocycles. The van der Waals surface area contributed by atoms with Crippen molar-refractivity contribution in [2.24, 2.45) is 0 Å². The molecule has 1 N–H and O–H groups in total. The largest absolute Gasteiger partial charge is 0.478 e. The van der Waals surface area contributed by atoms with E-state index in [9.17, 15) is 9.90 Å². The maximum absolute atomic E-state index is 11.2. The van der Waals surface area contributed by atoms with Crippen molar-refractivity contribution in [3.63, 3.8) is 0 Å². The van der Waals surface area contributed by atoms with Crippen molar-refractivity contribution in [2.75, 3.05) is 0 Å². The normalized spacial score (nSPS) is 10.3. The Kier molecular flexibility index (Phi) is 4.48. The lowest BCUT2D eigenvalue weighted by Gasteiger charge is -2.06. The van der Waals surface area contributed by atoms with Crippen LogP contribution in [0.5, 0.6) is 0 Å². The minimum Gasteiger partial charge on any atom is -0.478 e. The lowest BCUT2D eigenvalue weighted by atomic mass is 10.2. The van der Waals surface area contributed by atoms with Gasteiger partial charge in [-0.25, -0.2) is 4.79 Å². The molecule has 18 heavy (non-hydrogen) atoms. The molecule has 0 fully saturated rings. The zero-order valence-corrected chi connectivity index (χ0v) is 13.0. The van der Waals surface area contributed by atoms with Crippen LogP contribution in [0.25, 0.3) is 0 Å². The van der Waals surface area contributed by atoms with Gasteiger partial charge in [0.1, 0.15) is 0 Å². The molecule has 0 heterocycles. The van der Waals surface area contributed by atoms with E-state index >= 15 is 0 Å². The molecule has 0 radical (unpaired) electrons. The van der Waals surface area contributed by atoms with Crippen molar-refractivity contribution >= 4 is 49.6 Å². The van der Waals surface area contributed by atoms with Crippen LogP contribution in [-0.2, 0) is 0 Å². The van der Waals surface area contributed by atoms with Gasteiger partial charge in [0.25, 0.3) is 0 Å². The Labute approximate surface area is 126 Å². The minimum absolute atomic E-state index is 0.300. The molecule has 0 aliphatic rings. The highest BCUT2D eigenvalue weighted by Gasteiger charge is 2.11. The Hall–Kier alpha value is -0.780. The molecular formula is C13H8Br2O2S. The van der Waals surface area contributed by atoms with Crippen LogP contribution in [0, 0.1) is 0 Å². The molecule has 0 atom stereocenters. The van der Waals surface area contributed by atoms with Gasteiger partial charge in [0.05, 0.1) is 5.56 Å². The number of benzene rings is 2. The number of carbonyl (C=O) groups is 1. The van der Waals surface area contributed by atoms with Crippen LogP contribution in [0.1, 0.15) is 10.4 Å². The van der Waals surface area contributed by atoms with Crippen LogP contribution in [0.15, 0.2) is 61.2 Å². The fraction of sp³-hybridized carbons (Fsp3) is 0. The maximum Gasteiger partial charge on any atom is 0.336 e. The second kappa shape index (κ2) is 5.91. The smallest absolute Gasteiger partial charge is 0.336 e. The van der Waals surface area contributed by atoms with E-state index in [1.807, 2.05) is 30.3 Å². The Morgan fingerprint density at radius 1 is 1.06 bits per heavy atom. The Bertz CT molecular complexity index is 599. The topological polar surface area (TPSA) is 37.3 Å². The number of carboxylic acid groups (broad SMARTS) is 1. The van der Waals surface area contributed by atoms with Crippen molar-refractivity contribution < 1.29 is 9.90 Å². The van der Waals surface area contributed by atoms with Gasteiger partial charge >= 0.3 is 5.97 Å². The average molecular weight is 388 g/mol. The van der Waals surface area contributed by atoms with Crippen molar-refractivity contribution in [3.05, 3.63) is 57.0 Å². The fourth-order valence-corrected chi connectivity index (χ4v) is 3.31. The number of carboxylic acids is 1. The van der Waals surface area contributed by atoms with Crippen LogP contribution in [0.4, 0.5) is 0 Å². The predicted molar refractivity (Wildman–Crippen MR) is 79.4 cm³/mol. The van der Waals surface area contributed by atoms with Gasteiger partial charge in [-0.15, -0.1) is 0 Å². The second-order valence-electron chi connectivity index (χ2n) is 3.51. The molecule has 92 valence electrons. The second-order valence-corrected chi connectivity index (χ2v) is 6.45. The van der Waals surface area contributed by atoms with Crippen LogP contribution in [-0.4, -0.2) is 11.1 Å². The minimum atomic E-state index is -0.922. The highest BCUT2D eigenvalue weighted by atomic mass is 79.9. The van der Waals surface area contributed by atoms with Gasteiger partial charge in [0.15, 0.2) is 0 Å². The summed E-state index contributed by atoms with van der Waals surface area (Å²) >= 11 is 8.11. The van der Waals surface area contributed by atoms with Gasteiger partial charge < -0.3 is 5.11 Å². The highest BCUT2D eigenvalue weighted by molar-refractivity contribution is 9.10. The van der Waals surface area contributed by atoms with Crippen LogP contribution >= 0.6 is 43.6 Å². The van der Waals surface area contributed by atoms with Crippen LogP contribution < -0.4 is 0 Å². The zero-order chi connectivity index (χ0) is 13.1. The first-order chi connectivity index (χ1) is 8.56. The summed E-state index contributed by atoms with van der Waals surface area (Å²) in [5.74, 6) is -0.922. The first-order valence-corrected chi connectivity index (χ1v) is 7.43. The summed E-state index contributed by atoms with van der Waals surface area (Å²) in [5.41, 5.74) is 0.300. The molecule has 0 amide bonds. The molecular weight excluding hydrogens is 380 g/mol. The van der Waals surface area contributed by atoms with E-state index in [4.69, 9.17) is 0 Å². The molecule has 0 spiro atoms. The fourth-order valence-electron chi connectivity index (χ4n) is 1.42.